The lowest BCUT2D eigenvalue weighted by molar-refractivity contribution is -0.126. The Balaban J connectivity index is 2.09. The number of hydrogen-bond acceptors (Lipinski definition) is 3. The third kappa shape index (κ3) is 2.95. The van der Waals surface area contributed by atoms with E-state index in [0.29, 0.717) is 12.1 Å². The lowest BCUT2D eigenvalue weighted by Crippen LogP contribution is -2.61. The fourth-order valence-electron chi connectivity index (χ4n) is 4.05. The Kier molecular flexibility index (Phi) is 4.85. The van der Waals surface area contributed by atoms with E-state index in [-0.39, 0.29) is 5.91 Å². The summed E-state index contributed by atoms with van der Waals surface area (Å²) in [6.07, 6.45) is 9.28. The lowest BCUT2D eigenvalue weighted by atomic mass is 9.77. The maximum Gasteiger partial charge on any atom is 0.237 e. The van der Waals surface area contributed by atoms with Gasteiger partial charge in [-0.1, -0.05) is 13.3 Å². The number of nitrogens with zero attached hydrogens (tertiary/aromatic N) is 1. The third-order valence-corrected chi connectivity index (χ3v) is 5.29. The van der Waals surface area contributed by atoms with E-state index in [1.807, 2.05) is 7.05 Å². The minimum atomic E-state index is -0.474. The Morgan fingerprint density at radius 1 is 1.37 bits per heavy atom. The molecule has 3 unspecified atom stereocenters. The molecule has 19 heavy (non-hydrogen) atoms. The number of likely N-dealkylation sites (tertiary alicyclic amines) is 1. The van der Waals surface area contributed by atoms with Gasteiger partial charge in [-0.05, 0) is 58.5 Å². The van der Waals surface area contributed by atoms with Gasteiger partial charge < -0.3 is 11.1 Å². The maximum atomic E-state index is 11.8. The van der Waals surface area contributed by atoms with E-state index in [1.54, 1.807) is 0 Å². The summed E-state index contributed by atoms with van der Waals surface area (Å²) in [6, 6.07) is 1.23. The second-order valence-electron chi connectivity index (χ2n) is 6.24. The standard InChI is InChI=1S/C15H29N3O/c1-3-12-7-4-5-10-18(12)13-8-6-9-15(11-13,17-2)14(16)19/h12-13,17H,3-11H2,1-2H3,(H2,16,19). The van der Waals surface area contributed by atoms with Crippen LogP contribution in [-0.2, 0) is 4.79 Å². The Labute approximate surface area is 117 Å². The van der Waals surface area contributed by atoms with E-state index in [0.717, 1.165) is 19.3 Å². The molecule has 4 heteroatoms. The zero-order chi connectivity index (χ0) is 13.9. The highest BCUT2D eigenvalue weighted by molar-refractivity contribution is 5.84. The van der Waals surface area contributed by atoms with Gasteiger partial charge in [-0.25, -0.2) is 0 Å². The Morgan fingerprint density at radius 2 is 2.16 bits per heavy atom. The SMILES string of the molecule is CCC1CCCCN1C1CCCC(NC)(C(N)=O)C1. The molecule has 1 aliphatic carbocycles. The number of carbonyl (C=O) groups is 1. The van der Waals surface area contributed by atoms with Crippen LogP contribution in [-0.4, -0.2) is 42.0 Å². The second-order valence-corrected chi connectivity index (χ2v) is 6.24. The number of carbonyl (C=O) groups excluding carboxylic acids is 1. The molecule has 0 bridgehead atoms. The van der Waals surface area contributed by atoms with Crippen molar-refractivity contribution in [2.75, 3.05) is 13.6 Å². The zero-order valence-corrected chi connectivity index (χ0v) is 12.5. The van der Waals surface area contributed by atoms with Crippen LogP contribution in [0, 0.1) is 0 Å². The largest absolute Gasteiger partial charge is 0.368 e. The molecule has 1 heterocycles. The van der Waals surface area contributed by atoms with Gasteiger partial charge in [0.15, 0.2) is 0 Å². The zero-order valence-electron chi connectivity index (χ0n) is 12.5. The minimum absolute atomic E-state index is 0.176. The van der Waals surface area contributed by atoms with Crippen LogP contribution in [0.5, 0.6) is 0 Å². The van der Waals surface area contributed by atoms with Crippen LogP contribution in [0.2, 0.25) is 0 Å². The summed E-state index contributed by atoms with van der Waals surface area (Å²) in [4.78, 5) is 14.5. The molecule has 4 nitrogen and oxygen atoms in total. The molecule has 3 N–H and O–H groups in total. The van der Waals surface area contributed by atoms with Gasteiger partial charge in [-0.2, -0.15) is 0 Å². The van der Waals surface area contributed by atoms with Crippen LogP contribution in [0.15, 0.2) is 0 Å². The van der Waals surface area contributed by atoms with Gasteiger partial charge in [0.05, 0.1) is 5.54 Å². The average Bonchev–Trinajstić information content (AvgIpc) is 2.47. The summed E-state index contributed by atoms with van der Waals surface area (Å²) < 4.78 is 0. The minimum Gasteiger partial charge on any atom is -0.368 e. The first kappa shape index (κ1) is 14.8. The molecule has 1 saturated heterocycles. The number of rotatable bonds is 4. The first-order valence-corrected chi connectivity index (χ1v) is 7.87. The Hall–Kier alpha value is -0.610. The number of piperidine rings is 1. The van der Waals surface area contributed by atoms with Gasteiger partial charge in [0, 0.05) is 12.1 Å². The summed E-state index contributed by atoms with van der Waals surface area (Å²) >= 11 is 0. The molecule has 3 atom stereocenters. The van der Waals surface area contributed by atoms with Crippen LogP contribution < -0.4 is 11.1 Å². The average molecular weight is 267 g/mol. The maximum absolute atomic E-state index is 11.8. The van der Waals surface area contributed by atoms with Crippen LogP contribution in [0.1, 0.15) is 58.3 Å². The van der Waals surface area contributed by atoms with Crippen LogP contribution in [0.4, 0.5) is 0 Å². The second kappa shape index (κ2) is 6.23. The molecule has 0 aromatic rings. The number of hydrogen-bond donors (Lipinski definition) is 2. The van der Waals surface area contributed by atoms with Gasteiger partial charge in [0.2, 0.25) is 5.91 Å². The number of likely N-dealkylation sites (N-methyl/N-ethyl adjacent to an activating group) is 1. The van der Waals surface area contributed by atoms with Gasteiger partial charge >= 0.3 is 0 Å². The molecule has 0 radical (unpaired) electrons. The smallest absolute Gasteiger partial charge is 0.237 e. The van der Waals surface area contributed by atoms with E-state index < -0.39 is 5.54 Å². The van der Waals surface area contributed by atoms with E-state index in [4.69, 9.17) is 5.73 Å². The highest BCUT2D eigenvalue weighted by Crippen LogP contribution is 2.34. The lowest BCUT2D eigenvalue weighted by Gasteiger charge is -2.47. The summed E-state index contributed by atoms with van der Waals surface area (Å²) in [7, 11) is 1.88. The highest BCUT2D eigenvalue weighted by atomic mass is 16.1. The number of primary amides is 1. The van der Waals surface area contributed by atoms with Crippen LogP contribution >= 0.6 is 0 Å². The van der Waals surface area contributed by atoms with Crippen molar-refractivity contribution in [2.24, 2.45) is 5.73 Å². The predicted molar refractivity (Wildman–Crippen MR) is 77.9 cm³/mol. The molecule has 0 aromatic heterocycles. The van der Waals surface area contributed by atoms with E-state index >= 15 is 0 Å². The molecule has 1 amide bonds. The first-order valence-electron chi connectivity index (χ1n) is 7.87. The number of amides is 1. The fraction of sp³-hybridized carbons (Fsp3) is 0.933. The molecule has 2 fully saturated rings. The van der Waals surface area contributed by atoms with Crippen molar-refractivity contribution in [3.63, 3.8) is 0 Å². The van der Waals surface area contributed by atoms with Gasteiger partial charge in [0.25, 0.3) is 0 Å². The van der Waals surface area contributed by atoms with Crippen molar-refractivity contribution in [1.82, 2.24) is 10.2 Å². The van der Waals surface area contributed by atoms with E-state index in [9.17, 15) is 4.79 Å². The van der Waals surface area contributed by atoms with Crippen LogP contribution in [0.25, 0.3) is 0 Å². The monoisotopic (exact) mass is 267 g/mol. The molecule has 0 spiro atoms. The molecule has 1 aliphatic heterocycles. The van der Waals surface area contributed by atoms with Gasteiger partial charge in [-0.15, -0.1) is 0 Å². The Morgan fingerprint density at radius 3 is 2.79 bits per heavy atom. The molecule has 1 saturated carbocycles. The first-order chi connectivity index (χ1) is 9.13. The fourth-order valence-corrected chi connectivity index (χ4v) is 4.05. The summed E-state index contributed by atoms with van der Waals surface area (Å²) in [5.41, 5.74) is 5.18. The summed E-state index contributed by atoms with van der Waals surface area (Å²) in [6.45, 7) is 3.48. The molecular weight excluding hydrogens is 238 g/mol. The van der Waals surface area contributed by atoms with E-state index in [2.05, 4.69) is 17.1 Å². The van der Waals surface area contributed by atoms with Crippen molar-refractivity contribution in [2.45, 2.75) is 75.9 Å². The molecular formula is C15H29N3O. The summed E-state index contributed by atoms with van der Waals surface area (Å²) in [5.74, 6) is -0.176. The highest BCUT2D eigenvalue weighted by Gasteiger charge is 2.42. The third-order valence-electron chi connectivity index (χ3n) is 5.29. The molecule has 2 rings (SSSR count). The quantitative estimate of drug-likeness (QED) is 0.814. The normalized spacial score (nSPS) is 37.2. The van der Waals surface area contributed by atoms with E-state index in [1.165, 1.54) is 38.6 Å². The van der Waals surface area contributed by atoms with Crippen LogP contribution in [0.3, 0.4) is 0 Å². The molecule has 110 valence electrons. The van der Waals surface area contributed by atoms with Gasteiger partial charge in [-0.3, -0.25) is 9.69 Å². The molecule has 0 aromatic carbocycles. The van der Waals surface area contributed by atoms with Crippen molar-refractivity contribution < 1.29 is 4.79 Å². The number of nitrogens with one attached hydrogen (secondary N) is 1. The topological polar surface area (TPSA) is 58.4 Å². The number of nitrogens with two attached hydrogens (primary N) is 1. The Bertz CT molecular complexity index is 321. The van der Waals surface area contributed by atoms with Crippen molar-refractivity contribution in [1.29, 1.82) is 0 Å². The van der Waals surface area contributed by atoms with Gasteiger partial charge in [0.1, 0.15) is 0 Å². The van der Waals surface area contributed by atoms with Crippen molar-refractivity contribution >= 4 is 5.91 Å². The molecule has 2 aliphatic rings. The summed E-state index contributed by atoms with van der Waals surface area (Å²) in [5, 5.41) is 3.22. The predicted octanol–water partition coefficient (Wildman–Crippen LogP) is 1.64. The van der Waals surface area contributed by atoms with Crippen molar-refractivity contribution in [3.05, 3.63) is 0 Å². The van der Waals surface area contributed by atoms with Crippen molar-refractivity contribution in [3.8, 4) is 0 Å².